The van der Waals surface area contributed by atoms with E-state index in [1.54, 1.807) is 27.7 Å². The second-order valence-electron chi connectivity index (χ2n) is 17.9. The van der Waals surface area contributed by atoms with E-state index in [2.05, 4.69) is 16.0 Å². The summed E-state index contributed by atoms with van der Waals surface area (Å²) in [6.45, 7) is 22.3. The van der Waals surface area contributed by atoms with Gasteiger partial charge in [-0.25, -0.2) is 13.2 Å². The Morgan fingerprint density at radius 1 is 0.936 bits per heavy atom. The fourth-order valence-corrected chi connectivity index (χ4v) is 9.05. The average molecular weight is 682 g/mol. The molecule has 3 rings (SSSR count). The fraction of sp³-hybridized carbons (Fsp3) is 0.853. The largest absolute Gasteiger partial charge is 0.363 e. The lowest BCUT2D eigenvalue weighted by Crippen LogP contribution is -2.63. The second kappa shape index (κ2) is 12.6. The second-order valence-corrected chi connectivity index (χ2v) is 20.7. The highest BCUT2D eigenvalue weighted by Gasteiger charge is 2.77. The number of sulfone groups is 1. The first-order valence-corrected chi connectivity index (χ1v) is 18.5. The van der Waals surface area contributed by atoms with Crippen LogP contribution in [0.3, 0.4) is 0 Å². The van der Waals surface area contributed by atoms with Crippen LogP contribution in [0, 0.1) is 34.0 Å². The molecule has 6 atom stereocenters. The fourth-order valence-electron chi connectivity index (χ4n) is 7.59. The zero-order chi connectivity index (χ0) is 36.3. The first-order valence-electron chi connectivity index (χ1n) is 16.8. The van der Waals surface area contributed by atoms with Crippen LogP contribution in [0.1, 0.15) is 109 Å². The minimum Gasteiger partial charge on any atom is -0.363 e. The maximum absolute atomic E-state index is 14.4. The van der Waals surface area contributed by atoms with Crippen LogP contribution >= 0.6 is 0 Å². The molecule has 2 aliphatic carbocycles. The summed E-state index contributed by atoms with van der Waals surface area (Å²) in [5, 5.41) is 8.49. The van der Waals surface area contributed by atoms with Crippen LogP contribution in [0.5, 0.6) is 0 Å². The number of primary amides is 1. The van der Waals surface area contributed by atoms with E-state index in [0.717, 1.165) is 12.8 Å². The molecule has 47 heavy (non-hydrogen) atoms. The van der Waals surface area contributed by atoms with Gasteiger partial charge in [0.05, 0.1) is 22.1 Å². The van der Waals surface area contributed by atoms with E-state index in [1.807, 2.05) is 55.4 Å². The summed E-state index contributed by atoms with van der Waals surface area (Å²) < 4.78 is 25.4. The van der Waals surface area contributed by atoms with E-state index >= 15 is 0 Å². The number of amides is 5. The molecule has 12 nitrogen and oxygen atoms in total. The summed E-state index contributed by atoms with van der Waals surface area (Å²) in [6, 6.07) is -3.75. The number of hydrogen-bond acceptors (Lipinski definition) is 7. The number of nitrogens with one attached hydrogen (secondary N) is 3. The number of likely N-dealkylation sites (tertiary alicyclic amines) is 1. The van der Waals surface area contributed by atoms with Gasteiger partial charge in [0.25, 0.3) is 5.91 Å². The third-order valence-electron chi connectivity index (χ3n) is 10.8. The van der Waals surface area contributed by atoms with Crippen LogP contribution in [0.15, 0.2) is 0 Å². The summed E-state index contributed by atoms with van der Waals surface area (Å²) in [5.41, 5.74) is 2.75. The molecule has 1 heterocycles. The molecule has 13 heteroatoms. The first kappa shape index (κ1) is 38.7. The van der Waals surface area contributed by atoms with E-state index in [4.69, 9.17) is 5.73 Å². The standard InChI is InChI=1S/C34H59N5O7S/c1-19(2)16-33(11,18-47(45,46)31(6,7)8)38-29(44)37-25(30(3,4)5)28(43)39-17-34(12)24(32(34,9)10)22(39)27(42)36-21(15-20-13-14-20)23(40)26(35)41/h19-22,24-25H,13-18H2,1-12H3,(H2,35,41)(H,36,42)(H2,37,38,44)/t21?,22-,24?,25+,33?,34?/m0/s1. The molecule has 0 aromatic carbocycles. The lowest BCUT2D eigenvalue weighted by Gasteiger charge is -2.39. The van der Waals surface area contributed by atoms with Crippen molar-refractivity contribution in [3.05, 3.63) is 0 Å². The molecule has 1 saturated heterocycles. The Morgan fingerprint density at radius 3 is 1.94 bits per heavy atom. The predicted octanol–water partition coefficient (Wildman–Crippen LogP) is 2.93. The van der Waals surface area contributed by atoms with Gasteiger partial charge >= 0.3 is 6.03 Å². The van der Waals surface area contributed by atoms with Crippen LogP contribution in [0.2, 0.25) is 0 Å². The quantitative estimate of drug-likeness (QED) is 0.215. The third kappa shape index (κ3) is 8.13. The summed E-state index contributed by atoms with van der Waals surface area (Å²) in [6.07, 6.45) is 2.50. The topological polar surface area (TPSA) is 185 Å². The number of urea groups is 1. The SMILES string of the molecule is CC(C)CC(C)(CS(=O)(=O)C(C)(C)C)NC(=O)N[C@H](C(=O)N1CC2(C)C([C@H]1C(=O)NC(CC1CC1)C(=O)C(N)=O)C2(C)C)C(C)(C)C. The van der Waals surface area contributed by atoms with Crippen LogP contribution in [-0.4, -0.2) is 83.6 Å². The Hall–Kier alpha value is -2.70. The maximum atomic E-state index is 14.4. The zero-order valence-electron chi connectivity index (χ0n) is 30.5. The summed E-state index contributed by atoms with van der Waals surface area (Å²) in [7, 11) is -3.61. The van der Waals surface area contributed by atoms with Crippen molar-refractivity contribution in [3.8, 4) is 0 Å². The van der Waals surface area contributed by atoms with Crippen molar-refractivity contribution >= 4 is 39.4 Å². The van der Waals surface area contributed by atoms with Gasteiger partial charge < -0.3 is 26.6 Å². The number of hydrogen-bond donors (Lipinski definition) is 4. The molecular weight excluding hydrogens is 622 g/mol. The van der Waals surface area contributed by atoms with Crippen LogP contribution < -0.4 is 21.7 Å². The molecule has 4 unspecified atom stereocenters. The summed E-state index contributed by atoms with van der Waals surface area (Å²) in [4.78, 5) is 68.1. The highest BCUT2D eigenvalue weighted by atomic mass is 32.2. The molecular formula is C34H59N5O7S. The molecule has 0 aromatic rings. The van der Waals surface area contributed by atoms with E-state index in [1.165, 1.54) is 4.90 Å². The van der Waals surface area contributed by atoms with Gasteiger partial charge in [-0.3, -0.25) is 19.2 Å². The molecule has 5 amide bonds. The molecule has 1 aliphatic heterocycles. The van der Waals surface area contributed by atoms with Crippen molar-refractivity contribution < 1.29 is 32.4 Å². The minimum absolute atomic E-state index is 0.0698. The Balaban J connectivity index is 1.90. The number of fused-ring (bicyclic) bond motifs is 1. The molecule has 2 saturated carbocycles. The van der Waals surface area contributed by atoms with Gasteiger partial charge in [0.1, 0.15) is 12.1 Å². The van der Waals surface area contributed by atoms with Gasteiger partial charge in [-0.1, -0.05) is 68.2 Å². The van der Waals surface area contributed by atoms with Gasteiger partial charge in [0, 0.05) is 12.5 Å². The lowest BCUT2D eigenvalue weighted by atomic mass is 9.85. The van der Waals surface area contributed by atoms with Crippen molar-refractivity contribution in [3.63, 3.8) is 0 Å². The molecule has 0 bridgehead atoms. The number of nitrogens with zero attached hydrogens (tertiary/aromatic N) is 1. The van der Waals surface area contributed by atoms with E-state index in [9.17, 15) is 32.4 Å². The summed E-state index contributed by atoms with van der Waals surface area (Å²) in [5.74, 6) is -3.15. The van der Waals surface area contributed by atoms with Gasteiger partial charge in [-0.15, -0.1) is 0 Å². The monoisotopic (exact) mass is 681 g/mol. The molecule has 3 aliphatic rings. The number of nitrogens with two attached hydrogens (primary N) is 1. The van der Waals surface area contributed by atoms with Crippen LogP contribution in [0.25, 0.3) is 0 Å². The van der Waals surface area contributed by atoms with Crippen molar-refractivity contribution in [2.75, 3.05) is 12.3 Å². The molecule has 0 aromatic heterocycles. The number of carbonyl (C=O) groups is 5. The van der Waals surface area contributed by atoms with Gasteiger partial charge in [-0.05, 0) is 68.6 Å². The first-order chi connectivity index (χ1) is 21.1. The number of rotatable bonds is 13. The zero-order valence-corrected chi connectivity index (χ0v) is 31.3. The Bertz CT molecular complexity index is 1390. The van der Waals surface area contributed by atoms with E-state index in [-0.39, 0.29) is 40.9 Å². The minimum atomic E-state index is -3.61. The molecule has 268 valence electrons. The predicted molar refractivity (Wildman–Crippen MR) is 181 cm³/mol. The highest BCUT2D eigenvalue weighted by Crippen LogP contribution is 2.74. The van der Waals surface area contributed by atoms with Crippen LogP contribution in [0.4, 0.5) is 4.79 Å². The number of Topliss-reactive ketones (excluding diaryl/α,β-unsaturated/α-hetero) is 1. The maximum Gasteiger partial charge on any atom is 0.315 e. The lowest BCUT2D eigenvalue weighted by molar-refractivity contribution is -0.145. The Kier molecular flexibility index (Phi) is 10.4. The van der Waals surface area contributed by atoms with Gasteiger partial charge in [0.15, 0.2) is 9.84 Å². The van der Waals surface area contributed by atoms with Crippen molar-refractivity contribution in [1.82, 2.24) is 20.9 Å². The van der Waals surface area contributed by atoms with Crippen molar-refractivity contribution in [1.29, 1.82) is 0 Å². The number of ketones is 1. The van der Waals surface area contributed by atoms with Gasteiger partial charge in [-0.2, -0.15) is 0 Å². The molecule has 5 N–H and O–H groups in total. The molecule has 3 fully saturated rings. The van der Waals surface area contributed by atoms with Crippen molar-refractivity contribution in [2.45, 2.75) is 137 Å². The Morgan fingerprint density at radius 2 is 1.49 bits per heavy atom. The number of piperidine rings is 1. The van der Waals surface area contributed by atoms with Crippen molar-refractivity contribution in [2.24, 2.45) is 39.7 Å². The normalized spacial score (nSPS) is 26.4. The smallest absolute Gasteiger partial charge is 0.315 e. The van der Waals surface area contributed by atoms with E-state index in [0.29, 0.717) is 12.8 Å². The van der Waals surface area contributed by atoms with E-state index < -0.39 is 73.2 Å². The molecule has 0 spiro atoms. The van der Waals surface area contributed by atoms with Crippen LogP contribution in [-0.2, 0) is 29.0 Å². The Labute approximate surface area is 281 Å². The highest BCUT2D eigenvalue weighted by molar-refractivity contribution is 7.92. The van der Waals surface area contributed by atoms with Gasteiger partial charge in [0.2, 0.25) is 17.6 Å². The molecule has 0 radical (unpaired) electrons. The average Bonchev–Trinajstić information content (AvgIpc) is 3.71. The number of carbonyl (C=O) groups excluding carboxylic acids is 5. The summed E-state index contributed by atoms with van der Waals surface area (Å²) >= 11 is 0. The third-order valence-corrected chi connectivity index (χ3v) is 13.7.